The molecule has 3 aromatic rings. The highest BCUT2D eigenvalue weighted by atomic mass is 35.5. The Labute approximate surface area is 153 Å². The van der Waals surface area contributed by atoms with E-state index in [2.05, 4.69) is 0 Å². The summed E-state index contributed by atoms with van der Waals surface area (Å²) in [4.78, 5) is 13.6. The lowest BCUT2D eigenvalue weighted by molar-refractivity contribution is -0.111. The Morgan fingerprint density at radius 2 is 1.54 bits per heavy atom. The summed E-state index contributed by atoms with van der Waals surface area (Å²) in [6.45, 7) is 0. The molecule has 2 aromatic carbocycles. The van der Waals surface area contributed by atoms with Crippen molar-refractivity contribution in [2.24, 2.45) is 0 Å². The maximum atomic E-state index is 12.0. The highest BCUT2D eigenvalue weighted by Gasteiger charge is 2.33. The van der Waals surface area contributed by atoms with Crippen LogP contribution >= 0.6 is 34.5 Å². The van der Waals surface area contributed by atoms with E-state index in [1.807, 2.05) is 53.2 Å². The van der Waals surface area contributed by atoms with Crippen molar-refractivity contribution in [2.45, 2.75) is 0 Å². The minimum Gasteiger partial charge on any atom is -0.295 e. The standard InChI is InChI=1S/C12H8N2OS.C6H4Cl2/c13-11-9-3-1-2-4-10(9)14(12(11)15)8-5-6-16-7-8;7-5-3-1-2-4-6(5)8/h1-7,13H;1-4H. The Morgan fingerprint density at radius 1 is 0.917 bits per heavy atom. The van der Waals surface area contributed by atoms with Crippen molar-refractivity contribution in [2.75, 3.05) is 4.90 Å². The van der Waals surface area contributed by atoms with Crippen LogP contribution in [0.1, 0.15) is 5.56 Å². The molecule has 0 bridgehead atoms. The van der Waals surface area contributed by atoms with Gasteiger partial charge in [0.25, 0.3) is 5.91 Å². The van der Waals surface area contributed by atoms with Gasteiger partial charge in [0.05, 0.1) is 21.4 Å². The van der Waals surface area contributed by atoms with Crippen LogP contribution in [0, 0.1) is 5.41 Å². The van der Waals surface area contributed by atoms with E-state index in [1.165, 1.54) is 11.3 Å². The Balaban J connectivity index is 0.000000179. The zero-order chi connectivity index (χ0) is 17.1. The maximum Gasteiger partial charge on any atom is 0.281 e. The first-order valence-electron chi connectivity index (χ1n) is 7.04. The van der Waals surface area contributed by atoms with E-state index < -0.39 is 0 Å². The summed E-state index contributed by atoms with van der Waals surface area (Å²) < 4.78 is 0. The number of rotatable bonds is 1. The third kappa shape index (κ3) is 3.22. The summed E-state index contributed by atoms with van der Waals surface area (Å²) >= 11 is 12.7. The van der Waals surface area contributed by atoms with Crippen LogP contribution in [0.4, 0.5) is 11.4 Å². The van der Waals surface area contributed by atoms with Gasteiger partial charge in [0.15, 0.2) is 0 Å². The number of nitrogens with zero attached hydrogens (tertiary/aromatic N) is 1. The summed E-state index contributed by atoms with van der Waals surface area (Å²) in [5.74, 6) is -0.250. The smallest absolute Gasteiger partial charge is 0.281 e. The van der Waals surface area contributed by atoms with Crippen LogP contribution in [0.15, 0.2) is 65.4 Å². The van der Waals surface area contributed by atoms with Crippen molar-refractivity contribution in [1.29, 1.82) is 5.41 Å². The van der Waals surface area contributed by atoms with Gasteiger partial charge in [-0.05, 0) is 29.6 Å². The molecule has 1 aromatic heterocycles. The largest absolute Gasteiger partial charge is 0.295 e. The quantitative estimate of drug-likeness (QED) is 0.575. The topological polar surface area (TPSA) is 44.2 Å². The van der Waals surface area contributed by atoms with Gasteiger partial charge < -0.3 is 0 Å². The second kappa shape index (κ2) is 7.18. The first-order valence-corrected chi connectivity index (χ1v) is 8.74. The molecule has 6 heteroatoms. The predicted molar refractivity (Wildman–Crippen MR) is 101 cm³/mol. The SMILES string of the molecule is Clc1ccccc1Cl.N=C1C(=O)N(c2ccsc2)c2ccccc21. The molecule has 1 amide bonds. The number of para-hydroxylation sites is 1. The monoisotopic (exact) mass is 374 g/mol. The van der Waals surface area contributed by atoms with Crippen LogP contribution in [0.2, 0.25) is 10.0 Å². The normalized spacial score (nSPS) is 12.7. The number of benzene rings is 2. The fourth-order valence-electron chi connectivity index (χ4n) is 2.30. The number of hydrogen-bond acceptors (Lipinski definition) is 3. The van der Waals surface area contributed by atoms with Gasteiger partial charge in [-0.15, -0.1) is 0 Å². The molecule has 1 aliphatic heterocycles. The summed E-state index contributed by atoms with van der Waals surface area (Å²) in [5, 5.41) is 12.8. The van der Waals surface area contributed by atoms with Gasteiger partial charge in [-0.1, -0.05) is 53.5 Å². The minimum absolute atomic E-state index is 0.0711. The van der Waals surface area contributed by atoms with E-state index in [0.29, 0.717) is 15.6 Å². The molecular weight excluding hydrogens is 363 g/mol. The molecule has 0 spiro atoms. The zero-order valence-electron chi connectivity index (χ0n) is 12.4. The fourth-order valence-corrected chi connectivity index (χ4v) is 3.19. The number of anilines is 2. The van der Waals surface area contributed by atoms with Gasteiger partial charge >= 0.3 is 0 Å². The average Bonchev–Trinajstić information content (AvgIpc) is 3.19. The molecular formula is C18H12Cl2N2OS. The molecule has 3 nitrogen and oxygen atoms in total. The van der Waals surface area contributed by atoms with E-state index in [9.17, 15) is 4.79 Å². The number of thiophene rings is 1. The highest BCUT2D eigenvalue weighted by Crippen LogP contribution is 2.35. The molecule has 0 radical (unpaired) electrons. The van der Waals surface area contributed by atoms with Crippen LogP contribution in [0.5, 0.6) is 0 Å². The molecule has 4 rings (SSSR count). The zero-order valence-corrected chi connectivity index (χ0v) is 14.7. The maximum absolute atomic E-state index is 12.0. The third-order valence-corrected chi connectivity index (χ3v) is 4.85. The number of carbonyl (C=O) groups excluding carboxylic acids is 1. The number of halogens is 2. The van der Waals surface area contributed by atoms with E-state index >= 15 is 0 Å². The van der Waals surface area contributed by atoms with E-state index in [-0.39, 0.29) is 11.6 Å². The first kappa shape index (κ1) is 16.7. The van der Waals surface area contributed by atoms with Gasteiger partial charge in [0.2, 0.25) is 0 Å². The number of hydrogen-bond donors (Lipinski definition) is 1. The molecule has 0 saturated carbocycles. The molecule has 0 aliphatic carbocycles. The number of fused-ring (bicyclic) bond motifs is 1. The van der Waals surface area contributed by atoms with Crippen LogP contribution < -0.4 is 4.90 Å². The van der Waals surface area contributed by atoms with Gasteiger partial charge in [-0.3, -0.25) is 15.1 Å². The summed E-state index contributed by atoms with van der Waals surface area (Å²) in [7, 11) is 0. The Morgan fingerprint density at radius 3 is 2.12 bits per heavy atom. The van der Waals surface area contributed by atoms with Crippen LogP contribution in [0.25, 0.3) is 0 Å². The van der Waals surface area contributed by atoms with Gasteiger partial charge in [0.1, 0.15) is 5.71 Å². The van der Waals surface area contributed by atoms with Gasteiger partial charge in [0, 0.05) is 10.9 Å². The van der Waals surface area contributed by atoms with Crippen LogP contribution in [-0.2, 0) is 4.79 Å². The molecule has 2 heterocycles. The van der Waals surface area contributed by atoms with Gasteiger partial charge in [-0.2, -0.15) is 11.3 Å². The van der Waals surface area contributed by atoms with Crippen LogP contribution in [-0.4, -0.2) is 11.6 Å². The van der Waals surface area contributed by atoms with Gasteiger partial charge in [-0.25, -0.2) is 0 Å². The second-order valence-electron chi connectivity index (χ2n) is 4.93. The summed E-state index contributed by atoms with van der Waals surface area (Å²) in [5.41, 5.74) is 2.42. The van der Waals surface area contributed by atoms with E-state index in [4.69, 9.17) is 28.6 Å². The lowest BCUT2D eigenvalue weighted by atomic mass is 10.1. The number of amides is 1. The molecule has 0 atom stereocenters. The van der Waals surface area contributed by atoms with Crippen molar-refractivity contribution in [1.82, 2.24) is 0 Å². The number of nitrogens with one attached hydrogen (secondary N) is 1. The summed E-state index contributed by atoms with van der Waals surface area (Å²) in [6.07, 6.45) is 0. The lowest BCUT2D eigenvalue weighted by Crippen LogP contribution is -2.24. The molecule has 0 fully saturated rings. The van der Waals surface area contributed by atoms with Crippen molar-refractivity contribution in [3.63, 3.8) is 0 Å². The van der Waals surface area contributed by atoms with E-state index in [0.717, 1.165) is 11.4 Å². The van der Waals surface area contributed by atoms with Crippen molar-refractivity contribution in [3.8, 4) is 0 Å². The molecule has 1 aliphatic rings. The Hall–Kier alpha value is -2.14. The lowest BCUT2D eigenvalue weighted by Gasteiger charge is -2.14. The third-order valence-electron chi connectivity index (χ3n) is 3.42. The highest BCUT2D eigenvalue weighted by molar-refractivity contribution is 7.08. The Kier molecular flexibility index (Phi) is 5.00. The predicted octanol–water partition coefficient (Wildman–Crippen LogP) is 5.79. The fraction of sp³-hybridized carbons (Fsp3) is 0. The van der Waals surface area contributed by atoms with Crippen LogP contribution in [0.3, 0.4) is 0 Å². The first-order chi connectivity index (χ1) is 11.6. The molecule has 1 N–H and O–H groups in total. The van der Waals surface area contributed by atoms with Crippen molar-refractivity contribution < 1.29 is 4.79 Å². The van der Waals surface area contributed by atoms with Crippen molar-refractivity contribution in [3.05, 3.63) is 81.0 Å². The molecule has 0 saturated heterocycles. The van der Waals surface area contributed by atoms with Crippen molar-refractivity contribution >= 4 is 57.5 Å². The molecule has 120 valence electrons. The second-order valence-corrected chi connectivity index (χ2v) is 6.52. The molecule has 24 heavy (non-hydrogen) atoms. The average molecular weight is 375 g/mol. The molecule has 0 unspecified atom stereocenters. The minimum atomic E-state index is -0.250. The Bertz CT molecular complexity index is 873. The van der Waals surface area contributed by atoms with E-state index in [1.54, 1.807) is 17.0 Å². The summed E-state index contributed by atoms with van der Waals surface area (Å²) in [6, 6.07) is 16.5. The number of carbonyl (C=O) groups is 1.